The third kappa shape index (κ3) is 4.99. The van der Waals surface area contributed by atoms with Crippen LogP contribution in [0.2, 0.25) is 0 Å². The Morgan fingerprint density at radius 1 is 1.18 bits per heavy atom. The molecule has 1 aromatic carbocycles. The molecule has 0 aromatic heterocycles. The lowest BCUT2D eigenvalue weighted by atomic mass is 9.88. The number of aromatic carboxylic acids is 1. The molecule has 7 heteroatoms. The molecule has 1 aromatic rings. The number of amides is 1. The maximum Gasteiger partial charge on any atom is 0.335 e. The van der Waals surface area contributed by atoms with Gasteiger partial charge >= 0.3 is 5.97 Å². The van der Waals surface area contributed by atoms with Gasteiger partial charge in [0.1, 0.15) is 11.4 Å². The monoisotopic (exact) mass is 469 g/mol. The molecule has 1 amide bonds. The van der Waals surface area contributed by atoms with Gasteiger partial charge in [-0.05, 0) is 92.1 Å². The number of nitrogens with one attached hydrogen (secondary N) is 1. The third-order valence-electron chi connectivity index (χ3n) is 7.29. The summed E-state index contributed by atoms with van der Waals surface area (Å²) >= 11 is 0. The zero-order valence-corrected chi connectivity index (χ0v) is 20.7. The molecule has 2 heterocycles. The summed E-state index contributed by atoms with van der Waals surface area (Å²) in [6.45, 7) is 7.66. The van der Waals surface area contributed by atoms with Crippen LogP contribution in [0.5, 0.6) is 0 Å². The van der Waals surface area contributed by atoms with Crippen molar-refractivity contribution in [2.45, 2.75) is 71.3 Å². The quantitative estimate of drug-likeness (QED) is 0.600. The van der Waals surface area contributed by atoms with Gasteiger partial charge < -0.3 is 10.4 Å². The molecule has 1 saturated carbocycles. The highest BCUT2D eigenvalue weighted by Crippen LogP contribution is 2.37. The summed E-state index contributed by atoms with van der Waals surface area (Å²) < 4.78 is 2.43. The first kappa shape index (κ1) is 23.9. The maximum atomic E-state index is 12.9. The fourth-order valence-corrected chi connectivity index (χ4v) is 6.84. The van der Waals surface area contributed by atoms with Crippen molar-refractivity contribution in [3.05, 3.63) is 39.8 Å². The third-order valence-corrected chi connectivity index (χ3v) is 9.15. The Balaban J connectivity index is 1.44. The highest BCUT2D eigenvalue weighted by molar-refractivity contribution is 8.15. The van der Waals surface area contributed by atoms with Crippen molar-refractivity contribution < 1.29 is 14.7 Å². The van der Waals surface area contributed by atoms with E-state index in [1.165, 1.54) is 19.3 Å². The smallest absolute Gasteiger partial charge is 0.335 e. The first-order chi connectivity index (χ1) is 15.8. The van der Waals surface area contributed by atoms with E-state index in [2.05, 4.69) is 33.4 Å². The summed E-state index contributed by atoms with van der Waals surface area (Å²) in [6.07, 6.45) is 9.69. The summed E-state index contributed by atoms with van der Waals surface area (Å²) in [5.41, 5.74) is 2.76. The minimum Gasteiger partial charge on any atom is -0.478 e. The number of aryl methyl sites for hydroxylation is 2. The summed E-state index contributed by atoms with van der Waals surface area (Å²) in [5, 5.41) is 16.8. The predicted octanol–water partition coefficient (Wildman–Crippen LogP) is 4.92. The number of carboxylic acids is 1. The van der Waals surface area contributed by atoms with Gasteiger partial charge in [0.2, 0.25) is 0 Å². The van der Waals surface area contributed by atoms with Crippen LogP contribution >= 0.6 is 10.7 Å². The number of piperidine rings is 1. The molecule has 1 saturated heterocycles. The summed E-state index contributed by atoms with van der Waals surface area (Å²) in [5.74, 6) is 0.583. The van der Waals surface area contributed by atoms with Crippen molar-refractivity contribution in [2.75, 3.05) is 13.1 Å². The van der Waals surface area contributed by atoms with Crippen molar-refractivity contribution >= 4 is 39.8 Å². The van der Waals surface area contributed by atoms with Crippen LogP contribution < -0.4 is 5.32 Å². The van der Waals surface area contributed by atoms with Gasteiger partial charge in [-0.25, -0.2) is 4.79 Å². The van der Waals surface area contributed by atoms with Crippen LogP contribution in [-0.4, -0.2) is 51.1 Å². The Labute approximate surface area is 199 Å². The van der Waals surface area contributed by atoms with E-state index in [4.69, 9.17) is 4.99 Å². The number of amidine groups is 1. The number of carbonyl (C=O) groups is 2. The number of rotatable bonds is 5. The van der Waals surface area contributed by atoms with Crippen LogP contribution in [0.1, 0.15) is 78.9 Å². The lowest BCUT2D eigenvalue weighted by Crippen LogP contribution is -2.47. The Morgan fingerprint density at radius 2 is 1.82 bits per heavy atom. The van der Waals surface area contributed by atoms with Gasteiger partial charge in [-0.2, -0.15) is 0 Å². The fourth-order valence-electron chi connectivity index (χ4n) is 5.33. The average molecular weight is 470 g/mol. The van der Waals surface area contributed by atoms with E-state index in [0.29, 0.717) is 11.5 Å². The van der Waals surface area contributed by atoms with Crippen LogP contribution in [0.15, 0.2) is 22.5 Å². The molecule has 2 aliphatic heterocycles. The maximum absolute atomic E-state index is 12.9. The lowest BCUT2D eigenvalue weighted by molar-refractivity contribution is -0.124. The second-order valence-electron chi connectivity index (χ2n) is 9.46. The predicted molar refractivity (Wildman–Crippen MR) is 137 cm³/mol. The van der Waals surface area contributed by atoms with Gasteiger partial charge in [-0.3, -0.25) is 14.1 Å². The molecule has 178 valence electrons. The van der Waals surface area contributed by atoms with Crippen molar-refractivity contribution in [3.8, 4) is 0 Å². The first-order valence-corrected chi connectivity index (χ1v) is 13.3. The van der Waals surface area contributed by atoms with Crippen LogP contribution in [-0.2, 0) is 4.79 Å². The number of hydrogen-bond donors (Lipinski definition) is 2. The highest BCUT2D eigenvalue weighted by Gasteiger charge is 2.47. The Morgan fingerprint density at radius 3 is 2.39 bits per heavy atom. The minimum absolute atomic E-state index is 0.100. The fraction of sp³-hybridized carbons (Fsp3) is 0.538. The molecule has 1 aliphatic carbocycles. The van der Waals surface area contributed by atoms with Crippen molar-refractivity contribution in [3.63, 3.8) is 0 Å². The molecule has 2 N–H and O–H groups in total. The Kier molecular flexibility index (Phi) is 7.19. The normalized spacial score (nSPS) is 22.6. The van der Waals surface area contributed by atoms with Crippen molar-refractivity contribution in [1.29, 1.82) is 0 Å². The average Bonchev–Trinajstić information content (AvgIpc) is 3.12. The van der Waals surface area contributed by atoms with Crippen molar-refractivity contribution in [1.82, 2.24) is 9.62 Å². The number of aliphatic imine (C=N–C) groups is 1. The number of carboxylic acid groups (broad SMARTS) is 1. The molecule has 1 spiro atoms. The van der Waals surface area contributed by atoms with Gasteiger partial charge in [0.05, 0.1) is 5.56 Å². The second kappa shape index (κ2) is 9.94. The van der Waals surface area contributed by atoms with E-state index < -0.39 is 11.5 Å². The molecular formula is C26H35N3O3S. The summed E-state index contributed by atoms with van der Waals surface area (Å²) in [6, 6.07) is 3.46. The molecule has 1 unspecified atom stereocenters. The summed E-state index contributed by atoms with van der Waals surface area (Å²) in [4.78, 5) is 29.2. The van der Waals surface area contributed by atoms with Gasteiger partial charge in [-0.1, -0.05) is 29.9 Å². The minimum atomic E-state index is -0.897. The number of nitrogens with zero attached hydrogens (tertiary/aromatic N) is 2. The zero-order valence-electron chi connectivity index (χ0n) is 19.9. The Bertz CT molecular complexity index is 1010. The molecule has 0 bridgehead atoms. The van der Waals surface area contributed by atoms with Crippen LogP contribution in [0.25, 0.3) is 6.08 Å². The van der Waals surface area contributed by atoms with E-state index in [0.717, 1.165) is 61.3 Å². The van der Waals surface area contributed by atoms with E-state index in [9.17, 15) is 14.7 Å². The standard InChI is InChI=1S/C26H35N3O3S/c1-4-33(15-10-22-18(2)16-21(24(30)31)17-19(22)3)29-13-11-26(12-14-29)25(32)27-23(28-26)20-8-6-5-7-9-20/h4,10,15-17,20H,5-9,11-14H2,1-3H3,(H,30,31)(H,27,28,32)/b15-10+. The summed E-state index contributed by atoms with van der Waals surface area (Å²) in [7, 11) is -0.159. The molecule has 33 heavy (non-hydrogen) atoms. The van der Waals surface area contributed by atoms with E-state index in [-0.39, 0.29) is 16.6 Å². The van der Waals surface area contributed by atoms with Gasteiger partial charge in [0.25, 0.3) is 5.91 Å². The second-order valence-corrected chi connectivity index (χ2v) is 11.4. The topological polar surface area (TPSA) is 82.0 Å². The van der Waals surface area contributed by atoms with Crippen molar-refractivity contribution in [2.24, 2.45) is 10.9 Å². The lowest BCUT2D eigenvalue weighted by Gasteiger charge is -2.36. The molecule has 3 aliphatic rings. The molecule has 6 nitrogen and oxygen atoms in total. The molecule has 4 rings (SSSR count). The van der Waals surface area contributed by atoms with E-state index in [1.807, 2.05) is 13.8 Å². The van der Waals surface area contributed by atoms with Crippen LogP contribution in [0, 0.1) is 19.8 Å². The number of hydrogen-bond acceptors (Lipinski definition) is 4. The molecule has 0 radical (unpaired) electrons. The Hall–Kier alpha value is -2.25. The van der Waals surface area contributed by atoms with Crippen LogP contribution in [0.4, 0.5) is 0 Å². The van der Waals surface area contributed by atoms with E-state index >= 15 is 0 Å². The van der Waals surface area contributed by atoms with Gasteiger partial charge in [0.15, 0.2) is 0 Å². The highest BCUT2D eigenvalue weighted by atomic mass is 32.2. The molecule has 1 atom stereocenters. The largest absolute Gasteiger partial charge is 0.478 e. The first-order valence-electron chi connectivity index (χ1n) is 12.0. The SMILES string of the molecule is C/C=S(/C=C/c1c(C)cc(C(=O)O)cc1C)N1CCC2(CC1)N=C(C1CCCCC1)NC2=O. The number of benzene rings is 1. The molecular weight excluding hydrogens is 434 g/mol. The van der Waals surface area contributed by atoms with Gasteiger partial charge in [-0.15, -0.1) is 0 Å². The number of carbonyl (C=O) groups excluding carboxylic acids is 1. The van der Waals surface area contributed by atoms with Crippen LogP contribution in [0.3, 0.4) is 0 Å². The molecule has 2 fully saturated rings. The van der Waals surface area contributed by atoms with Gasteiger partial charge in [0, 0.05) is 19.0 Å². The zero-order chi connectivity index (χ0) is 23.6. The van der Waals surface area contributed by atoms with E-state index in [1.54, 1.807) is 12.1 Å².